The molecule has 33 heavy (non-hydrogen) atoms. The third-order valence-electron chi connectivity index (χ3n) is 5.25. The van der Waals surface area contributed by atoms with Gasteiger partial charge >= 0.3 is 5.97 Å². The lowest BCUT2D eigenvalue weighted by atomic mass is 9.99. The van der Waals surface area contributed by atoms with Crippen LogP contribution in [0.4, 0.5) is 5.69 Å². The molecule has 172 valence electrons. The smallest absolute Gasteiger partial charge is 0.309 e. The summed E-state index contributed by atoms with van der Waals surface area (Å²) >= 11 is 6.23. The van der Waals surface area contributed by atoms with Crippen molar-refractivity contribution in [3.05, 3.63) is 64.8 Å². The number of aromatic nitrogens is 1. The van der Waals surface area contributed by atoms with Crippen molar-refractivity contribution in [2.24, 2.45) is 5.92 Å². The molecule has 0 saturated carbocycles. The molecule has 1 saturated heterocycles. The number of anilines is 1. The molecule has 2 heterocycles. The summed E-state index contributed by atoms with van der Waals surface area (Å²) < 4.78 is 11.0. The highest BCUT2D eigenvalue weighted by molar-refractivity contribution is 6.32. The van der Waals surface area contributed by atoms with Gasteiger partial charge in [-0.25, -0.2) is 0 Å². The maximum Gasteiger partial charge on any atom is 0.309 e. The minimum absolute atomic E-state index is 0.00873. The van der Waals surface area contributed by atoms with Crippen LogP contribution in [0, 0.1) is 5.92 Å². The zero-order chi connectivity index (χ0) is 23.5. The number of benzene rings is 2. The number of carbonyl (C=O) groups excluding carboxylic acids is 1. The fourth-order valence-electron chi connectivity index (χ4n) is 3.53. The zero-order valence-electron chi connectivity index (χ0n) is 18.2. The molecule has 9 heteroatoms. The number of likely N-dealkylation sites (tertiary alicyclic amines) is 1. The molecule has 0 bridgehead atoms. The quantitative estimate of drug-likeness (QED) is 0.498. The molecule has 1 aliphatic heterocycles. The van der Waals surface area contributed by atoms with Crippen molar-refractivity contribution >= 4 is 29.2 Å². The first kappa shape index (κ1) is 22.8. The van der Waals surface area contributed by atoms with Crippen LogP contribution >= 0.6 is 11.6 Å². The summed E-state index contributed by atoms with van der Waals surface area (Å²) in [5.74, 6) is -0.411. The molecule has 0 atom stereocenters. The summed E-state index contributed by atoms with van der Waals surface area (Å²) in [7, 11) is 0. The number of ether oxygens (including phenoxy) is 1. The van der Waals surface area contributed by atoms with Crippen molar-refractivity contribution < 1.29 is 24.0 Å². The maximum absolute atomic E-state index is 12.6. The van der Waals surface area contributed by atoms with Gasteiger partial charge in [0.15, 0.2) is 11.5 Å². The molecule has 1 amide bonds. The predicted octanol–water partition coefficient (Wildman–Crippen LogP) is 4.55. The van der Waals surface area contributed by atoms with Gasteiger partial charge in [-0.3, -0.25) is 14.5 Å². The van der Waals surface area contributed by atoms with Crippen molar-refractivity contribution in [1.82, 2.24) is 10.1 Å². The summed E-state index contributed by atoms with van der Waals surface area (Å²) in [6.07, 6.45) is -0.00873. The van der Waals surface area contributed by atoms with Crippen molar-refractivity contribution in [3.63, 3.8) is 0 Å². The Morgan fingerprint density at radius 1 is 1.21 bits per heavy atom. The van der Waals surface area contributed by atoms with Crippen molar-refractivity contribution in [3.8, 4) is 17.1 Å². The molecule has 0 radical (unpaired) electrons. The highest BCUT2D eigenvalue weighted by Gasteiger charge is 2.32. The van der Waals surface area contributed by atoms with Crippen LogP contribution in [0.15, 0.2) is 53.1 Å². The van der Waals surface area contributed by atoms with Gasteiger partial charge in [0.1, 0.15) is 5.75 Å². The average molecular weight is 470 g/mol. The Hall–Kier alpha value is -3.36. The van der Waals surface area contributed by atoms with Crippen LogP contribution < -0.4 is 10.1 Å². The number of amides is 1. The van der Waals surface area contributed by atoms with Gasteiger partial charge in [0.2, 0.25) is 0 Å². The Kier molecular flexibility index (Phi) is 6.67. The number of carbonyl (C=O) groups is 2. The van der Waals surface area contributed by atoms with Crippen molar-refractivity contribution in [1.29, 1.82) is 0 Å². The summed E-state index contributed by atoms with van der Waals surface area (Å²) in [5.41, 5.74) is 2.52. The molecular weight excluding hydrogens is 446 g/mol. The standard InChI is InChI=1S/C24H24ClN3O5/c1-14(2)32-21-8-7-18(9-19(21)25)26-23(29)20-10-22(33-27-20)16-5-3-15(4-6-16)11-28-12-17(13-28)24(30)31/h3-10,14,17H,11-13H2,1-2H3,(H,26,29)(H,30,31). The van der Waals surface area contributed by atoms with Crippen LogP contribution in [0.3, 0.4) is 0 Å². The van der Waals surface area contributed by atoms with Crippen molar-refractivity contribution in [2.75, 3.05) is 18.4 Å². The van der Waals surface area contributed by atoms with Gasteiger partial charge in [0, 0.05) is 37.0 Å². The van der Waals surface area contributed by atoms with E-state index < -0.39 is 11.9 Å². The third-order valence-corrected chi connectivity index (χ3v) is 5.54. The highest BCUT2D eigenvalue weighted by Crippen LogP contribution is 2.29. The molecule has 1 aliphatic rings. The highest BCUT2D eigenvalue weighted by atomic mass is 35.5. The maximum atomic E-state index is 12.6. The summed E-state index contributed by atoms with van der Waals surface area (Å²) in [6.45, 7) is 5.64. The summed E-state index contributed by atoms with van der Waals surface area (Å²) in [4.78, 5) is 25.6. The molecule has 4 rings (SSSR count). The van der Waals surface area contributed by atoms with Gasteiger partial charge in [-0.1, -0.05) is 41.0 Å². The second-order valence-electron chi connectivity index (χ2n) is 8.27. The van der Waals surface area contributed by atoms with Crippen LogP contribution in [-0.2, 0) is 11.3 Å². The normalized spacial score (nSPS) is 14.2. The molecule has 8 nitrogen and oxygen atoms in total. The van der Waals surface area contributed by atoms with E-state index in [1.165, 1.54) is 0 Å². The Morgan fingerprint density at radius 3 is 2.58 bits per heavy atom. The first-order valence-corrected chi connectivity index (χ1v) is 10.9. The Labute approximate surface area is 196 Å². The number of rotatable bonds is 8. The molecule has 0 aliphatic carbocycles. The lowest BCUT2D eigenvalue weighted by Crippen LogP contribution is -2.49. The van der Waals surface area contributed by atoms with Crippen LogP contribution in [-0.4, -0.2) is 46.2 Å². The van der Waals surface area contributed by atoms with Crippen LogP contribution in [0.2, 0.25) is 5.02 Å². The van der Waals surface area contributed by atoms with E-state index in [0.717, 1.165) is 11.1 Å². The number of halogens is 1. The number of nitrogens with one attached hydrogen (secondary N) is 1. The van der Waals surface area contributed by atoms with Gasteiger partial charge in [0.25, 0.3) is 5.91 Å². The van der Waals surface area contributed by atoms with E-state index >= 15 is 0 Å². The number of hydrogen-bond donors (Lipinski definition) is 2. The van der Waals surface area contributed by atoms with Crippen LogP contribution in [0.1, 0.15) is 29.9 Å². The first-order valence-electron chi connectivity index (χ1n) is 10.6. The average Bonchev–Trinajstić information content (AvgIpc) is 3.23. The fourth-order valence-corrected chi connectivity index (χ4v) is 3.75. The minimum Gasteiger partial charge on any atom is -0.489 e. The van der Waals surface area contributed by atoms with Crippen molar-refractivity contribution in [2.45, 2.75) is 26.5 Å². The fraction of sp³-hybridized carbons (Fsp3) is 0.292. The number of nitrogens with zero attached hydrogens (tertiary/aromatic N) is 2. The van der Waals surface area contributed by atoms with Gasteiger partial charge in [0.05, 0.1) is 17.0 Å². The van der Waals surface area contributed by atoms with E-state index in [1.54, 1.807) is 24.3 Å². The molecule has 1 fully saturated rings. The molecule has 2 N–H and O–H groups in total. The topological polar surface area (TPSA) is 105 Å². The number of hydrogen-bond acceptors (Lipinski definition) is 6. The van der Waals surface area contributed by atoms with Gasteiger partial charge in [-0.05, 0) is 37.6 Å². The second kappa shape index (κ2) is 9.64. The van der Waals surface area contributed by atoms with Gasteiger partial charge in [-0.2, -0.15) is 0 Å². The van der Waals surface area contributed by atoms with Crippen LogP contribution in [0.5, 0.6) is 5.75 Å². The Morgan fingerprint density at radius 2 is 1.94 bits per heavy atom. The number of carboxylic acid groups (broad SMARTS) is 1. The zero-order valence-corrected chi connectivity index (χ0v) is 19.0. The molecule has 2 aromatic carbocycles. The van der Waals surface area contributed by atoms with Gasteiger partial charge in [-0.15, -0.1) is 0 Å². The molecule has 1 aromatic heterocycles. The first-order chi connectivity index (χ1) is 15.8. The van der Waals surface area contributed by atoms with E-state index in [0.29, 0.717) is 41.9 Å². The number of aliphatic carboxylic acids is 1. The van der Waals surface area contributed by atoms with E-state index in [2.05, 4.69) is 15.4 Å². The van der Waals surface area contributed by atoms with E-state index in [9.17, 15) is 9.59 Å². The van der Waals surface area contributed by atoms with E-state index in [1.807, 2.05) is 38.1 Å². The SMILES string of the molecule is CC(C)Oc1ccc(NC(=O)c2cc(-c3ccc(CN4CC(C(=O)O)C4)cc3)on2)cc1Cl. The molecule has 0 spiro atoms. The Balaban J connectivity index is 1.36. The largest absolute Gasteiger partial charge is 0.489 e. The third kappa shape index (κ3) is 5.53. The Bertz CT molecular complexity index is 1150. The summed E-state index contributed by atoms with van der Waals surface area (Å²) in [6, 6.07) is 14.3. The molecule has 0 unspecified atom stereocenters. The summed E-state index contributed by atoms with van der Waals surface area (Å²) in [5, 5.41) is 16.0. The van der Waals surface area contributed by atoms with E-state index in [-0.39, 0.29) is 17.7 Å². The van der Waals surface area contributed by atoms with Gasteiger partial charge < -0.3 is 19.7 Å². The lowest BCUT2D eigenvalue weighted by Gasteiger charge is -2.36. The van der Waals surface area contributed by atoms with E-state index in [4.69, 9.17) is 26.0 Å². The molecular formula is C24H24ClN3O5. The van der Waals surface area contributed by atoms with Crippen LogP contribution in [0.25, 0.3) is 11.3 Å². The lowest BCUT2D eigenvalue weighted by molar-refractivity contribution is -0.147. The second-order valence-corrected chi connectivity index (χ2v) is 8.68. The monoisotopic (exact) mass is 469 g/mol. The predicted molar refractivity (Wildman–Crippen MR) is 124 cm³/mol. The number of carboxylic acids is 1. The minimum atomic E-state index is -0.744. The molecule has 3 aromatic rings.